The molecule has 1 aromatic rings. The summed E-state index contributed by atoms with van der Waals surface area (Å²) < 4.78 is 0. The maximum absolute atomic E-state index is 12.4. The number of benzene rings is 1. The third-order valence-corrected chi connectivity index (χ3v) is 4.92. The number of hydrogen-bond acceptors (Lipinski definition) is 2. The number of amides is 1. The van der Waals surface area contributed by atoms with Crippen LogP contribution in [0.15, 0.2) is 24.3 Å². The number of anilines is 1. The van der Waals surface area contributed by atoms with Crippen molar-refractivity contribution in [3.05, 3.63) is 29.8 Å². The lowest BCUT2D eigenvalue weighted by atomic mass is 10.00. The summed E-state index contributed by atoms with van der Waals surface area (Å²) in [7, 11) is 0. The minimum Gasteiger partial charge on any atom is -0.368 e. The van der Waals surface area contributed by atoms with E-state index in [0.717, 1.165) is 32.5 Å². The highest BCUT2D eigenvalue weighted by molar-refractivity contribution is 5.77. The monoisotopic (exact) mass is 286 g/mol. The quantitative estimate of drug-likeness (QED) is 0.852. The Hall–Kier alpha value is -1.51. The molecule has 2 unspecified atom stereocenters. The van der Waals surface area contributed by atoms with E-state index < -0.39 is 0 Å². The molecule has 1 fully saturated rings. The van der Waals surface area contributed by atoms with Crippen LogP contribution in [0.1, 0.15) is 38.7 Å². The van der Waals surface area contributed by atoms with E-state index in [-0.39, 0.29) is 0 Å². The second-order valence-corrected chi connectivity index (χ2v) is 6.71. The van der Waals surface area contributed by atoms with E-state index in [1.165, 1.54) is 17.7 Å². The van der Waals surface area contributed by atoms with Gasteiger partial charge in [0.1, 0.15) is 0 Å². The van der Waals surface area contributed by atoms with E-state index in [1.807, 2.05) is 0 Å². The molecule has 0 spiro atoms. The zero-order chi connectivity index (χ0) is 14.8. The Labute approximate surface area is 127 Å². The second-order valence-electron chi connectivity index (χ2n) is 6.71. The topological polar surface area (TPSA) is 23.6 Å². The van der Waals surface area contributed by atoms with Crippen molar-refractivity contribution in [1.82, 2.24) is 4.90 Å². The number of rotatable bonds is 3. The molecule has 0 bridgehead atoms. The third kappa shape index (κ3) is 3.07. The van der Waals surface area contributed by atoms with Crippen LogP contribution in [0.2, 0.25) is 0 Å². The number of nitrogens with zero attached hydrogens (tertiary/aromatic N) is 2. The third-order valence-electron chi connectivity index (χ3n) is 4.92. The van der Waals surface area contributed by atoms with Gasteiger partial charge >= 0.3 is 0 Å². The number of fused-ring (bicyclic) bond motifs is 1. The fraction of sp³-hybridized carbons (Fsp3) is 0.611. The highest BCUT2D eigenvalue weighted by Gasteiger charge is 2.27. The standard InChI is InChI=1S/C18H26N2O/c1-14-6-5-10-19(13-14)18(21)9-11-20-15(2)12-16-7-3-4-8-17(16)20/h3-4,7-8,14-15H,5-6,9-13H2,1-2H3. The number of likely N-dealkylation sites (tertiary alicyclic amines) is 1. The van der Waals surface area contributed by atoms with Gasteiger partial charge in [0.2, 0.25) is 5.91 Å². The predicted molar refractivity (Wildman–Crippen MR) is 86.5 cm³/mol. The van der Waals surface area contributed by atoms with Crippen LogP contribution >= 0.6 is 0 Å². The van der Waals surface area contributed by atoms with Crippen molar-refractivity contribution in [3.63, 3.8) is 0 Å². The summed E-state index contributed by atoms with van der Waals surface area (Å²) in [6.07, 6.45) is 4.17. The highest BCUT2D eigenvalue weighted by atomic mass is 16.2. The van der Waals surface area contributed by atoms with Gasteiger partial charge in [0, 0.05) is 37.8 Å². The van der Waals surface area contributed by atoms with Crippen LogP contribution in [0.3, 0.4) is 0 Å². The van der Waals surface area contributed by atoms with E-state index in [1.54, 1.807) is 0 Å². The number of carbonyl (C=O) groups excluding carboxylic acids is 1. The Balaban J connectivity index is 1.59. The van der Waals surface area contributed by atoms with E-state index in [9.17, 15) is 4.79 Å². The van der Waals surface area contributed by atoms with Crippen LogP contribution in [0.25, 0.3) is 0 Å². The molecule has 2 heterocycles. The van der Waals surface area contributed by atoms with Gasteiger partial charge in [-0.25, -0.2) is 0 Å². The normalized spacial score (nSPS) is 25.0. The molecule has 2 atom stereocenters. The fourth-order valence-corrected chi connectivity index (χ4v) is 3.76. The molecule has 3 rings (SSSR count). The predicted octanol–water partition coefficient (Wildman–Crippen LogP) is 3.09. The molecule has 1 saturated heterocycles. The first-order valence-corrected chi connectivity index (χ1v) is 8.27. The van der Waals surface area contributed by atoms with Crippen molar-refractivity contribution >= 4 is 11.6 Å². The molecular weight excluding hydrogens is 260 g/mol. The average Bonchev–Trinajstić information content (AvgIpc) is 2.80. The molecule has 1 aromatic carbocycles. The summed E-state index contributed by atoms with van der Waals surface area (Å²) in [6.45, 7) is 7.26. The molecule has 0 aliphatic carbocycles. The second kappa shape index (κ2) is 6.08. The fourth-order valence-electron chi connectivity index (χ4n) is 3.76. The van der Waals surface area contributed by atoms with E-state index in [4.69, 9.17) is 0 Å². The molecule has 3 heteroatoms. The van der Waals surface area contributed by atoms with Crippen LogP contribution in [0.5, 0.6) is 0 Å². The number of para-hydroxylation sites is 1. The lowest BCUT2D eigenvalue weighted by molar-refractivity contribution is -0.132. The number of piperidine rings is 1. The molecule has 2 aliphatic rings. The number of hydrogen-bond donors (Lipinski definition) is 0. The maximum atomic E-state index is 12.4. The molecule has 0 saturated carbocycles. The lowest BCUT2D eigenvalue weighted by Gasteiger charge is -2.32. The van der Waals surface area contributed by atoms with Gasteiger partial charge in [0.15, 0.2) is 0 Å². The van der Waals surface area contributed by atoms with Gasteiger partial charge in [-0.1, -0.05) is 25.1 Å². The number of carbonyl (C=O) groups is 1. The van der Waals surface area contributed by atoms with Gasteiger partial charge in [-0.15, -0.1) is 0 Å². The van der Waals surface area contributed by atoms with Crippen molar-refractivity contribution in [1.29, 1.82) is 0 Å². The van der Waals surface area contributed by atoms with E-state index in [2.05, 4.69) is 47.9 Å². The minimum atomic E-state index is 0.332. The van der Waals surface area contributed by atoms with E-state index in [0.29, 0.717) is 24.3 Å². The van der Waals surface area contributed by atoms with Crippen molar-refractivity contribution in [2.45, 2.75) is 45.6 Å². The molecule has 1 amide bonds. The van der Waals surface area contributed by atoms with Crippen LogP contribution in [-0.4, -0.2) is 36.5 Å². The van der Waals surface area contributed by atoms with Crippen LogP contribution < -0.4 is 4.90 Å². The van der Waals surface area contributed by atoms with E-state index >= 15 is 0 Å². The van der Waals surface area contributed by atoms with Gasteiger partial charge in [0.25, 0.3) is 0 Å². The average molecular weight is 286 g/mol. The summed E-state index contributed by atoms with van der Waals surface area (Å²) in [5, 5.41) is 0. The Kier molecular flexibility index (Phi) is 4.18. The first-order chi connectivity index (χ1) is 10.1. The Bertz CT molecular complexity index is 514. The molecule has 0 N–H and O–H groups in total. The SMILES string of the molecule is CC1CCCN(C(=O)CCN2c3ccccc3CC2C)C1. The Morgan fingerprint density at radius 1 is 1.29 bits per heavy atom. The summed E-state index contributed by atoms with van der Waals surface area (Å²) in [5.74, 6) is 0.993. The summed E-state index contributed by atoms with van der Waals surface area (Å²) in [4.78, 5) is 16.9. The van der Waals surface area contributed by atoms with Crippen LogP contribution in [0.4, 0.5) is 5.69 Å². The molecule has 114 valence electrons. The van der Waals surface area contributed by atoms with Crippen LogP contribution in [0, 0.1) is 5.92 Å². The Morgan fingerprint density at radius 2 is 2.10 bits per heavy atom. The molecule has 21 heavy (non-hydrogen) atoms. The Morgan fingerprint density at radius 3 is 2.90 bits per heavy atom. The van der Waals surface area contributed by atoms with Gasteiger partial charge in [-0.05, 0) is 43.7 Å². The first-order valence-electron chi connectivity index (χ1n) is 8.27. The highest BCUT2D eigenvalue weighted by Crippen LogP contribution is 2.31. The smallest absolute Gasteiger partial charge is 0.224 e. The molecule has 0 radical (unpaired) electrons. The molecule has 3 nitrogen and oxygen atoms in total. The molecule has 0 aromatic heterocycles. The minimum absolute atomic E-state index is 0.332. The summed E-state index contributed by atoms with van der Waals surface area (Å²) in [6, 6.07) is 9.11. The van der Waals surface area contributed by atoms with Gasteiger partial charge in [0.05, 0.1) is 0 Å². The van der Waals surface area contributed by atoms with Crippen molar-refractivity contribution < 1.29 is 4.79 Å². The lowest BCUT2D eigenvalue weighted by Crippen LogP contribution is -2.41. The molecule has 2 aliphatic heterocycles. The summed E-state index contributed by atoms with van der Waals surface area (Å²) >= 11 is 0. The first kappa shape index (κ1) is 14.4. The van der Waals surface area contributed by atoms with Crippen molar-refractivity contribution in [3.8, 4) is 0 Å². The zero-order valence-corrected chi connectivity index (χ0v) is 13.2. The van der Waals surface area contributed by atoms with Crippen molar-refractivity contribution in [2.24, 2.45) is 5.92 Å². The van der Waals surface area contributed by atoms with Gasteiger partial charge < -0.3 is 9.80 Å². The van der Waals surface area contributed by atoms with Gasteiger partial charge in [-0.3, -0.25) is 4.79 Å². The largest absolute Gasteiger partial charge is 0.368 e. The van der Waals surface area contributed by atoms with Crippen LogP contribution in [-0.2, 0) is 11.2 Å². The van der Waals surface area contributed by atoms with Gasteiger partial charge in [-0.2, -0.15) is 0 Å². The zero-order valence-electron chi connectivity index (χ0n) is 13.2. The maximum Gasteiger partial charge on any atom is 0.224 e. The van der Waals surface area contributed by atoms with Crippen molar-refractivity contribution in [2.75, 3.05) is 24.5 Å². The molecular formula is C18H26N2O. The summed E-state index contributed by atoms with van der Waals surface area (Å²) in [5.41, 5.74) is 2.74.